The zero-order chi connectivity index (χ0) is 21.1. The van der Waals surface area contributed by atoms with Gasteiger partial charge < -0.3 is 9.97 Å². The molecule has 0 radical (unpaired) electrons. The minimum atomic E-state index is 0.414. The Bertz CT molecular complexity index is 1250. The summed E-state index contributed by atoms with van der Waals surface area (Å²) in [5, 5.41) is 0. The Morgan fingerprint density at radius 2 is 1.23 bits per heavy atom. The highest BCUT2D eigenvalue weighted by Crippen LogP contribution is 2.45. The SMILES string of the molecule is CCc1ncc(-c2cc3c4c(c2)CCc2cc(-c5cnc(C(C)C)[nH]5)cc(c2-4)CC3)[nH]1. The number of aryl methyl sites for hydroxylation is 5. The molecule has 0 aliphatic heterocycles. The molecule has 0 atom stereocenters. The van der Waals surface area contributed by atoms with Gasteiger partial charge in [0.1, 0.15) is 11.6 Å². The monoisotopic (exact) mass is 408 g/mol. The summed E-state index contributed by atoms with van der Waals surface area (Å²) in [4.78, 5) is 16.1. The van der Waals surface area contributed by atoms with Crippen molar-refractivity contribution in [2.45, 2.75) is 58.8 Å². The van der Waals surface area contributed by atoms with Gasteiger partial charge in [0.05, 0.1) is 23.8 Å². The lowest BCUT2D eigenvalue weighted by Crippen LogP contribution is -2.14. The van der Waals surface area contributed by atoms with Gasteiger partial charge in [0.25, 0.3) is 0 Å². The van der Waals surface area contributed by atoms with E-state index < -0.39 is 0 Å². The predicted octanol–water partition coefficient (Wildman–Crippen LogP) is 6.02. The van der Waals surface area contributed by atoms with Crippen molar-refractivity contribution in [3.05, 3.63) is 70.6 Å². The average Bonchev–Trinajstić information content (AvgIpc) is 3.47. The first kappa shape index (κ1) is 18.6. The molecule has 31 heavy (non-hydrogen) atoms. The summed E-state index contributed by atoms with van der Waals surface area (Å²) in [6.07, 6.45) is 9.31. The van der Waals surface area contributed by atoms with E-state index in [0.717, 1.165) is 55.1 Å². The Kier molecular flexibility index (Phi) is 4.17. The lowest BCUT2D eigenvalue weighted by molar-refractivity contribution is 0.795. The van der Waals surface area contributed by atoms with Gasteiger partial charge in [-0.3, -0.25) is 0 Å². The largest absolute Gasteiger partial charge is 0.342 e. The fourth-order valence-corrected chi connectivity index (χ4v) is 5.28. The highest BCUT2D eigenvalue weighted by Gasteiger charge is 2.27. The molecule has 0 saturated carbocycles. The van der Waals surface area contributed by atoms with Crippen molar-refractivity contribution in [2.24, 2.45) is 0 Å². The molecular weight excluding hydrogens is 380 g/mol. The lowest BCUT2D eigenvalue weighted by atomic mass is 9.74. The first-order chi connectivity index (χ1) is 15.1. The van der Waals surface area contributed by atoms with E-state index in [1.165, 1.54) is 44.5 Å². The molecule has 2 aliphatic carbocycles. The van der Waals surface area contributed by atoms with E-state index in [2.05, 4.69) is 65.0 Å². The molecule has 4 aromatic rings. The number of aromatic nitrogens is 4. The second-order valence-corrected chi connectivity index (χ2v) is 9.27. The summed E-state index contributed by atoms with van der Waals surface area (Å²) < 4.78 is 0. The van der Waals surface area contributed by atoms with Gasteiger partial charge in [-0.2, -0.15) is 0 Å². The topological polar surface area (TPSA) is 57.4 Å². The van der Waals surface area contributed by atoms with Crippen LogP contribution < -0.4 is 0 Å². The van der Waals surface area contributed by atoms with Crippen molar-refractivity contribution in [2.75, 3.05) is 0 Å². The first-order valence-corrected chi connectivity index (χ1v) is 11.5. The second kappa shape index (κ2) is 6.94. The van der Waals surface area contributed by atoms with Crippen LogP contribution in [0, 0.1) is 0 Å². The number of nitrogens with zero attached hydrogens (tertiary/aromatic N) is 2. The maximum absolute atomic E-state index is 4.59. The van der Waals surface area contributed by atoms with Crippen LogP contribution in [-0.2, 0) is 32.1 Å². The van der Waals surface area contributed by atoms with Crippen LogP contribution in [0.5, 0.6) is 0 Å². The van der Waals surface area contributed by atoms with Crippen LogP contribution >= 0.6 is 0 Å². The molecule has 0 amide bonds. The zero-order valence-corrected chi connectivity index (χ0v) is 18.5. The maximum Gasteiger partial charge on any atom is 0.109 e. The van der Waals surface area contributed by atoms with Crippen LogP contribution in [0.25, 0.3) is 33.6 Å². The number of hydrogen-bond acceptors (Lipinski definition) is 2. The Morgan fingerprint density at radius 3 is 1.65 bits per heavy atom. The minimum absolute atomic E-state index is 0.414. The van der Waals surface area contributed by atoms with Crippen molar-refractivity contribution in [3.8, 4) is 33.6 Å². The van der Waals surface area contributed by atoms with E-state index in [-0.39, 0.29) is 0 Å². The van der Waals surface area contributed by atoms with E-state index in [0.29, 0.717) is 5.92 Å². The van der Waals surface area contributed by atoms with E-state index in [1.807, 2.05) is 12.4 Å². The zero-order valence-electron chi connectivity index (χ0n) is 18.5. The van der Waals surface area contributed by atoms with Crippen LogP contribution in [-0.4, -0.2) is 19.9 Å². The van der Waals surface area contributed by atoms with Crippen LogP contribution in [0.15, 0.2) is 36.7 Å². The average molecular weight is 409 g/mol. The molecule has 156 valence electrons. The summed E-state index contributed by atoms with van der Waals surface area (Å²) in [5.74, 6) is 2.53. The molecular formula is C27H28N4. The molecule has 6 rings (SSSR count). The molecule has 0 bridgehead atoms. The molecule has 2 aromatic carbocycles. The number of benzene rings is 2. The van der Waals surface area contributed by atoms with Crippen molar-refractivity contribution < 1.29 is 0 Å². The maximum atomic E-state index is 4.59. The Balaban J connectivity index is 1.45. The van der Waals surface area contributed by atoms with Gasteiger partial charge in [0, 0.05) is 23.5 Å². The molecule has 4 heteroatoms. The van der Waals surface area contributed by atoms with Gasteiger partial charge >= 0.3 is 0 Å². The van der Waals surface area contributed by atoms with Gasteiger partial charge in [0.2, 0.25) is 0 Å². The van der Waals surface area contributed by atoms with Crippen molar-refractivity contribution in [3.63, 3.8) is 0 Å². The molecule has 4 nitrogen and oxygen atoms in total. The van der Waals surface area contributed by atoms with Crippen molar-refractivity contribution in [1.29, 1.82) is 0 Å². The Morgan fingerprint density at radius 1 is 0.742 bits per heavy atom. The van der Waals surface area contributed by atoms with E-state index in [1.54, 1.807) is 0 Å². The predicted molar refractivity (Wildman–Crippen MR) is 125 cm³/mol. The molecule has 0 fully saturated rings. The van der Waals surface area contributed by atoms with Crippen LogP contribution in [0.1, 0.15) is 60.6 Å². The van der Waals surface area contributed by atoms with E-state index >= 15 is 0 Å². The summed E-state index contributed by atoms with van der Waals surface area (Å²) in [6, 6.07) is 9.57. The minimum Gasteiger partial charge on any atom is -0.342 e. The van der Waals surface area contributed by atoms with Crippen LogP contribution in [0.4, 0.5) is 0 Å². The first-order valence-electron chi connectivity index (χ1n) is 11.5. The number of imidazole rings is 2. The van der Waals surface area contributed by atoms with Crippen molar-refractivity contribution >= 4 is 0 Å². The third-order valence-corrected chi connectivity index (χ3v) is 6.91. The van der Waals surface area contributed by atoms with Crippen LogP contribution in [0.3, 0.4) is 0 Å². The number of nitrogens with one attached hydrogen (secondary N) is 2. The van der Waals surface area contributed by atoms with Gasteiger partial charge in [-0.15, -0.1) is 0 Å². The molecule has 2 aromatic heterocycles. The molecule has 0 spiro atoms. The van der Waals surface area contributed by atoms with Crippen molar-refractivity contribution in [1.82, 2.24) is 19.9 Å². The summed E-state index contributed by atoms with van der Waals surface area (Å²) >= 11 is 0. The molecule has 2 heterocycles. The van der Waals surface area contributed by atoms with Crippen LogP contribution in [0.2, 0.25) is 0 Å². The fourth-order valence-electron chi connectivity index (χ4n) is 5.28. The molecule has 0 unspecified atom stereocenters. The lowest BCUT2D eigenvalue weighted by Gasteiger charge is -2.30. The van der Waals surface area contributed by atoms with Gasteiger partial charge in [0.15, 0.2) is 0 Å². The highest BCUT2D eigenvalue weighted by atomic mass is 14.9. The van der Waals surface area contributed by atoms with E-state index in [9.17, 15) is 0 Å². The summed E-state index contributed by atoms with van der Waals surface area (Å²) in [6.45, 7) is 6.50. The quantitative estimate of drug-likeness (QED) is 0.434. The highest BCUT2D eigenvalue weighted by molar-refractivity contribution is 5.85. The Labute approximate surface area is 183 Å². The third-order valence-electron chi connectivity index (χ3n) is 6.91. The number of H-pyrrole nitrogens is 2. The van der Waals surface area contributed by atoms with E-state index in [4.69, 9.17) is 0 Å². The smallest absolute Gasteiger partial charge is 0.109 e. The number of hydrogen-bond donors (Lipinski definition) is 2. The number of rotatable bonds is 4. The fraction of sp³-hybridized carbons (Fsp3) is 0.333. The van der Waals surface area contributed by atoms with Gasteiger partial charge in [-0.1, -0.05) is 20.8 Å². The third kappa shape index (κ3) is 2.96. The normalized spacial score (nSPS) is 14.2. The number of aromatic amines is 2. The molecule has 0 saturated heterocycles. The standard InChI is InChI=1S/C27H28N4/c1-4-24-28-13-22(30-24)20-9-16-5-7-18-11-21(23-14-29-27(31-23)15(2)3)12-19-8-6-17(10-20)25(16)26(18)19/h9-15H,4-8H2,1-3H3,(H,28,30)(H,29,31). The summed E-state index contributed by atoms with van der Waals surface area (Å²) in [5.41, 5.74) is 13.8. The molecule has 2 aliphatic rings. The molecule has 2 N–H and O–H groups in total. The Hall–Kier alpha value is -3.14. The second-order valence-electron chi connectivity index (χ2n) is 9.27. The van der Waals surface area contributed by atoms with Gasteiger partial charge in [-0.25, -0.2) is 9.97 Å². The summed E-state index contributed by atoms with van der Waals surface area (Å²) in [7, 11) is 0. The van der Waals surface area contributed by atoms with Gasteiger partial charge in [-0.05, 0) is 83.3 Å².